The van der Waals surface area contributed by atoms with E-state index in [1.165, 1.54) is 7.11 Å². The lowest BCUT2D eigenvalue weighted by Gasteiger charge is -2.25. The van der Waals surface area contributed by atoms with Crippen LogP contribution in [-0.4, -0.2) is 79.5 Å². The van der Waals surface area contributed by atoms with Gasteiger partial charge in [-0.3, -0.25) is 9.69 Å². The number of ether oxygens (including phenoxy) is 1. The summed E-state index contributed by atoms with van der Waals surface area (Å²) < 4.78 is 41.7. The van der Waals surface area contributed by atoms with Crippen molar-refractivity contribution in [1.82, 2.24) is 9.80 Å². The Morgan fingerprint density at radius 1 is 1.53 bits per heavy atom. The number of aliphatic hydroxyl groups is 1. The van der Waals surface area contributed by atoms with Crippen molar-refractivity contribution < 1.29 is 27.8 Å². The van der Waals surface area contributed by atoms with Gasteiger partial charge < -0.3 is 14.7 Å². The van der Waals surface area contributed by atoms with E-state index < -0.39 is 18.6 Å². The predicted octanol–water partition coefficient (Wildman–Crippen LogP) is 0.0887. The summed E-state index contributed by atoms with van der Waals surface area (Å²) in [4.78, 5) is 14.0. The molecule has 0 aromatic carbocycles. The first-order valence-corrected chi connectivity index (χ1v) is 5.95. The summed E-state index contributed by atoms with van der Waals surface area (Å²) in [7, 11) is 2.65. The van der Waals surface area contributed by atoms with E-state index in [1.54, 1.807) is 4.90 Å². The molecule has 1 saturated heterocycles. The van der Waals surface area contributed by atoms with E-state index in [4.69, 9.17) is 4.74 Å². The molecule has 1 fully saturated rings. The minimum absolute atomic E-state index is 0.0992. The molecule has 0 unspecified atom stereocenters. The van der Waals surface area contributed by atoms with Gasteiger partial charge in [0.15, 0.2) is 0 Å². The number of carbonyl (C=O) groups excluding carboxylic acids is 1. The second-order valence-corrected chi connectivity index (χ2v) is 4.72. The highest BCUT2D eigenvalue weighted by Gasteiger charge is 2.35. The molecule has 2 atom stereocenters. The molecule has 1 aliphatic rings. The number of nitrogens with zero attached hydrogens (tertiary/aromatic N) is 2. The average Bonchev–Trinajstić information content (AvgIpc) is 2.69. The van der Waals surface area contributed by atoms with Crippen molar-refractivity contribution in [3.05, 3.63) is 0 Å². The highest BCUT2D eigenvalue weighted by molar-refractivity contribution is 5.78. The van der Waals surface area contributed by atoms with Gasteiger partial charge in [-0.1, -0.05) is 0 Å². The third kappa shape index (κ3) is 4.96. The van der Waals surface area contributed by atoms with E-state index in [-0.39, 0.29) is 25.3 Å². The van der Waals surface area contributed by atoms with Crippen LogP contribution in [0.4, 0.5) is 13.2 Å². The van der Waals surface area contributed by atoms with Gasteiger partial charge in [-0.25, -0.2) is 0 Å². The summed E-state index contributed by atoms with van der Waals surface area (Å²) >= 11 is 0. The smallest absolute Gasteiger partial charge is 0.395 e. The first kappa shape index (κ1) is 16.2. The number of likely N-dealkylation sites (N-methyl/N-ethyl adjacent to an activating group) is 1. The van der Waals surface area contributed by atoms with Crippen LogP contribution in [0.15, 0.2) is 0 Å². The lowest BCUT2D eigenvalue weighted by molar-refractivity contribution is -0.159. The topological polar surface area (TPSA) is 53.0 Å². The number of rotatable bonds is 5. The number of alkyl halides is 3. The van der Waals surface area contributed by atoms with Gasteiger partial charge in [0.1, 0.15) is 6.54 Å². The van der Waals surface area contributed by atoms with E-state index >= 15 is 0 Å². The third-order valence-electron chi connectivity index (χ3n) is 3.21. The second kappa shape index (κ2) is 6.53. The first-order chi connectivity index (χ1) is 8.76. The number of hydrogen-bond donors (Lipinski definition) is 1. The molecular formula is C11H19F3N2O3. The molecular weight excluding hydrogens is 265 g/mol. The molecule has 1 aliphatic heterocycles. The zero-order chi connectivity index (χ0) is 14.6. The molecule has 1 rings (SSSR count). The highest BCUT2D eigenvalue weighted by Crippen LogP contribution is 2.20. The SMILES string of the molecule is CO[C@@H]1C[C@@H](CO)N(CC(=O)N(C)CC(F)(F)F)C1. The average molecular weight is 284 g/mol. The Hall–Kier alpha value is -0.860. The molecule has 1 heterocycles. The Morgan fingerprint density at radius 2 is 2.16 bits per heavy atom. The van der Waals surface area contributed by atoms with E-state index in [0.717, 1.165) is 7.05 Å². The van der Waals surface area contributed by atoms with Crippen molar-refractivity contribution in [3.8, 4) is 0 Å². The monoisotopic (exact) mass is 284 g/mol. The highest BCUT2D eigenvalue weighted by atomic mass is 19.4. The van der Waals surface area contributed by atoms with Crippen LogP contribution in [0.5, 0.6) is 0 Å². The van der Waals surface area contributed by atoms with Crippen molar-refractivity contribution >= 4 is 5.91 Å². The maximum absolute atomic E-state index is 12.2. The summed E-state index contributed by atoms with van der Waals surface area (Å²) in [5.41, 5.74) is 0. The molecule has 0 aromatic rings. The zero-order valence-corrected chi connectivity index (χ0v) is 11.0. The fourth-order valence-electron chi connectivity index (χ4n) is 2.14. The van der Waals surface area contributed by atoms with Crippen LogP contribution in [-0.2, 0) is 9.53 Å². The van der Waals surface area contributed by atoms with Gasteiger partial charge in [0.05, 0.1) is 19.3 Å². The maximum Gasteiger partial charge on any atom is 0.406 e. The van der Waals surface area contributed by atoms with E-state index in [2.05, 4.69) is 0 Å². The molecule has 0 aromatic heterocycles. The Bertz CT molecular complexity index is 312. The molecule has 0 saturated carbocycles. The lowest BCUT2D eigenvalue weighted by atomic mass is 10.2. The van der Waals surface area contributed by atoms with Crippen LogP contribution in [0, 0.1) is 0 Å². The van der Waals surface area contributed by atoms with Crippen molar-refractivity contribution in [2.45, 2.75) is 24.7 Å². The number of methoxy groups -OCH3 is 1. The summed E-state index contributed by atoms with van der Waals surface area (Å²) in [6.45, 7) is -1.11. The molecule has 1 amide bonds. The van der Waals surface area contributed by atoms with Crippen molar-refractivity contribution in [2.24, 2.45) is 0 Å². The van der Waals surface area contributed by atoms with Crippen LogP contribution in [0.3, 0.4) is 0 Å². The fraction of sp³-hybridized carbons (Fsp3) is 0.909. The lowest BCUT2D eigenvalue weighted by Crippen LogP contribution is -2.44. The van der Waals surface area contributed by atoms with Gasteiger partial charge in [0.25, 0.3) is 0 Å². The second-order valence-electron chi connectivity index (χ2n) is 4.72. The molecule has 112 valence electrons. The Kier molecular flexibility index (Phi) is 5.57. The number of amides is 1. The minimum atomic E-state index is -4.40. The minimum Gasteiger partial charge on any atom is -0.395 e. The third-order valence-corrected chi connectivity index (χ3v) is 3.21. The molecule has 0 radical (unpaired) electrons. The maximum atomic E-state index is 12.2. The van der Waals surface area contributed by atoms with Crippen LogP contribution < -0.4 is 0 Å². The Balaban J connectivity index is 2.51. The van der Waals surface area contributed by atoms with Crippen LogP contribution in [0.1, 0.15) is 6.42 Å². The van der Waals surface area contributed by atoms with E-state index in [9.17, 15) is 23.1 Å². The normalized spacial score (nSPS) is 24.7. The van der Waals surface area contributed by atoms with Crippen molar-refractivity contribution in [1.29, 1.82) is 0 Å². The Labute approximate surface area is 109 Å². The quantitative estimate of drug-likeness (QED) is 0.777. The number of likely N-dealkylation sites (tertiary alicyclic amines) is 1. The van der Waals surface area contributed by atoms with Crippen molar-refractivity contribution in [2.75, 3.05) is 40.4 Å². The van der Waals surface area contributed by atoms with Gasteiger partial charge in [0.2, 0.25) is 5.91 Å². The largest absolute Gasteiger partial charge is 0.406 e. The molecule has 0 bridgehead atoms. The van der Waals surface area contributed by atoms with E-state index in [1.807, 2.05) is 0 Å². The standard InChI is InChI=1S/C11H19F3N2O3/c1-15(7-11(12,13)14)10(18)5-16-4-9(19-2)3-8(16)6-17/h8-9,17H,3-7H2,1-2H3/t8-,9+/m0/s1. The van der Waals surface area contributed by atoms with Crippen LogP contribution >= 0.6 is 0 Å². The van der Waals surface area contributed by atoms with Crippen molar-refractivity contribution in [3.63, 3.8) is 0 Å². The van der Waals surface area contributed by atoms with Crippen LogP contribution in [0.25, 0.3) is 0 Å². The number of aliphatic hydroxyl groups excluding tert-OH is 1. The van der Waals surface area contributed by atoms with E-state index in [0.29, 0.717) is 17.9 Å². The number of carbonyl (C=O) groups is 1. The molecule has 19 heavy (non-hydrogen) atoms. The van der Waals surface area contributed by atoms with Gasteiger partial charge in [-0.05, 0) is 6.42 Å². The molecule has 1 N–H and O–H groups in total. The van der Waals surface area contributed by atoms with Gasteiger partial charge in [-0.2, -0.15) is 13.2 Å². The number of hydrogen-bond acceptors (Lipinski definition) is 4. The van der Waals surface area contributed by atoms with Crippen LogP contribution in [0.2, 0.25) is 0 Å². The first-order valence-electron chi connectivity index (χ1n) is 5.95. The summed E-state index contributed by atoms with van der Waals surface area (Å²) in [6.07, 6.45) is -3.93. The fourth-order valence-corrected chi connectivity index (χ4v) is 2.14. The molecule has 8 heteroatoms. The summed E-state index contributed by atoms with van der Waals surface area (Å²) in [6, 6.07) is -0.242. The molecule has 0 spiro atoms. The van der Waals surface area contributed by atoms with Gasteiger partial charge in [-0.15, -0.1) is 0 Å². The van der Waals surface area contributed by atoms with Gasteiger partial charge >= 0.3 is 6.18 Å². The predicted molar refractivity (Wildman–Crippen MR) is 61.6 cm³/mol. The summed E-state index contributed by atoms with van der Waals surface area (Å²) in [5.74, 6) is -0.618. The summed E-state index contributed by atoms with van der Waals surface area (Å²) in [5, 5.41) is 9.19. The molecule has 5 nitrogen and oxygen atoms in total. The number of halogens is 3. The Morgan fingerprint density at radius 3 is 2.63 bits per heavy atom. The van der Waals surface area contributed by atoms with Gasteiger partial charge in [0, 0.05) is 26.7 Å². The molecule has 0 aliphatic carbocycles. The zero-order valence-electron chi connectivity index (χ0n) is 11.0.